The fraction of sp³-hybridized carbons (Fsp3) is 0.625. The highest BCUT2D eigenvalue weighted by Gasteiger charge is 2.19. The Morgan fingerprint density at radius 1 is 1.38 bits per heavy atom. The van der Waals surface area contributed by atoms with Gasteiger partial charge in [-0.15, -0.1) is 0 Å². The van der Waals surface area contributed by atoms with Crippen LogP contribution in [0.4, 0.5) is 5.82 Å². The Hall–Kier alpha value is -1.62. The molecule has 1 aromatic heterocycles. The molecular formula is C16H26N4O. The Morgan fingerprint density at radius 3 is 2.62 bits per heavy atom. The topological polar surface area (TPSA) is 48.5 Å². The second-order valence-electron chi connectivity index (χ2n) is 5.82. The Balaban J connectivity index is 1.90. The quantitative estimate of drug-likeness (QED) is 0.897. The first-order valence-electron chi connectivity index (χ1n) is 7.78. The molecular weight excluding hydrogens is 264 g/mol. The van der Waals surface area contributed by atoms with Gasteiger partial charge in [0.15, 0.2) is 0 Å². The molecule has 0 aromatic carbocycles. The number of carbonyl (C=O) groups excluding carboxylic acids is 1. The van der Waals surface area contributed by atoms with E-state index in [0.29, 0.717) is 11.6 Å². The van der Waals surface area contributed by atoms with Gasteiger partial charge in [0.05, 0.1) is 5.56 Å². The number of pyridine rings is 1. The van der Waals surface area contributed by atoms with Gasteiger partial charge in [0.2, 0.25) is 0 Å². The summed E-state index contributed by atoms with van der Waals surface area (Å²) in [5.41, 5.74) is 0.642. The van der Waals surface area contributed by atoms with Gasteiger partial charge in [0.25, 0.3) is 5.91 Å². The van der Waals surface area contributed by atoms with Crippen molar-refractivity contribution in [3.05, 3.63) is 23.9 Å². The molecule has 0 spiro atoms. The van der Waals surface area contributed by atoms with E-state index in [4.69, 9.17) is 0 Å². The van der Waals surface area contributed by atoms with E-state index in [0.717, 1.165) is 38.3 Å². The Kier molecular flexibility index (Phi) is 5.56. The number of rotatable bonds is 5. The lowest BCUT2D eigenvalue weighted by atomic mass is 10.0. The van der Waals surface area contributed by atoms with E-state index < -0.39 is 0 Å². The van der Waals surface area contributed by atoms with Crippen molar-refractivity contribution in [3.8, 4) is 0 Å². The molecule has 1 saturated heterocycles. The predicted molar refractivity (Wildman–Crippen MR) is 85.8 cm³/mol. The molecule has 5 nitrogen and oxygen atoms in total. The van der Waals surface area contributed by atoms with Crippen LogP contribution in [0.15, 0.2) is 18.3 Å². The first-order chi connectivity index (χ1) is 10.1. The molecule has 1 N–H and O–H groups in total. The largest absolute Gasteiger partial charge is 0.357 e. The summed E-state index contributed by atoms with van der Waals surface area (Å²) in [6, 6.07) is 4.46. The molecule has 0 atom stereocenters. The minimum Gasteiger partial charge on any atom is -0.357 e. The van der Waals surface area contributed by atoms with Gasteiger partial charge in [-0.2, -0.15) is 0 Å². The number of piperidine rings is 1. The lowest BCUT2D eigenvalue weighted by Gasteiger charge is -2.33. The molecule has 0 bridgehead atoms. The van der Waals surface area contributed by atoms with Crippen molar-refractivity contribution >= 4 is 11.7 Å². The summed E-state index contributed by atoms with van der Waals surface area (Å²) in [5, 5.41) is 3.58. The molecule has 5 heteroatoms. The minimum absolute atomic E-state index is 0.00322. The zero-order valence-corrected chi connectivity index (χ0v) is 13.3. The molecule has 0 saturated carbocycles. The Bertz CT molecular complexity index is 450. The monoisotopic (exact) mass is 290 g/mol. The number of nitrogens with one attached hydrogen (secondary N) is 1. The van der Waals surface area contributed by atoms with E-state index >= 15 is 0 Å². The highest BCUT2D eigenvalue weighted by Crippen LogP contribution is 2.18. The van der Waals surface area contributed by atoms with Gasteiger partial charge in [-0.05, 0) is 37.9 Å². The van der Waals surface area contributed by atoms with Gasteiger partial charge in [-0.1, -0.05) is 6.92 Å². The molecule has 0 aliphatic carbocycles. The van der Waals surface area contributed by atoms with Crippen molar-refractivity contribution in [1.29, 1.82) is 0 Å². The number of nitrogens with zero attached hydrogens (tertiary/aromatic N) is 3. The molecule has 21 heavy (non-hydrogen) atoms. The van der Waals surface area contributed by atoms with Crippen LogP contribution in [-0.4, -0.2) is 55.6 Å². The van der Waals surface area contributed by atoms with Crippen LogP contribution in [0.3, 0.4) is 0 Å². The fourth-order valence-electron chi connectivity index (χ4n) is 2.62. The van der Waals surface area contributed by atoms with Gasteiger partial charge in [-0.3, -0.25) is 4.79 Å². The van der Waals surface area contributed by atoms with Crippen LogP contribution in [0.25, 0.3) is 0 Å². The zero-order valence-electron chi connectivity index (χ0n) is 13.3. The summed E-state index contributed by atoms with van der Waals surface area (Å²) in [6.07, 6.45) is 5.17. The lowest BCUT2D eigenvalue weighted by Crippen LogP contribution is -2.43. The maximum Gasteiger partial charge on any atom is 0.254 e. The van der Waals surface area contributed by atoms with Crippen molar-refractivity contribution in [2.45, 2.75) is 32.2 Å². The Morgan fingerprint density at radius 2 is 2.10 bits per heavy atom. The first-order valence-corrected chi connectivity index (χ1v) is 7.78. The smallest absolute Gasteiger partial charge is 0.254 e. The van der Waals surface area contributed by atoms with Gasteiger partial charge in [0, 0.05) is 39.4 Å². The van der Waals surface area contributed by atoms with E-state index in [1.165, 1.54) is 6.42 Å². The second kappa shape index (κ2) is 7.41. The van der Waals surface area contributed by atoms with Crippen molar-refractivity contribution in [2.24, 2.45) is 0 Å². The number of hydrogen-bond acceptors (Lipinski definition) is 4. The van der Waals surface area contributed by atoms with Crippen LogP contribution in [0, 0.1) is 0 Å². The number of anilines is 1. The highest BCUT2D eigenvalue weighted by molar-refractivity contribution is 5.93. The molecule has 116 valence electrons. The van der Waals surface area contributed by atoms with Crippen molar-refractivity contribution < 1.29 is 4.79 Å². The summed E-state index contributed by atoms with van der Waals surface area (Å²) in [6.45, 7) is 5.34. The number of hydrogen-bond donors (Lipinski definition) is 1. The van der Waals surface area contributed by atoms with Gasteiger partial charge >= 0.3 is 0 Å². The van der Waals surface area contributed by atoms with Crippen LogP contribution < -0.4 is 10.2 Å². The van der Waals surface area contributed by atoms with Crippen molar-refractivity contribution in [1.82, 2.24) is 15.2 Å². The molecule has 1 aliphatic rings. The SMILES string of the molecule is CCCNC1CCN(c2ccc(C(=O)N(C)C)cn2)CC1. The highest BCUT2D eigenvalue weighted by atomic mass is 16.2. The average molecular weight is 290 g/mol. The molecule has 1 amide bonds. The van der Waals surface area contributed by atoms with Gasteiger partial charge in [0.1, 0.15) is 5.82 Å². The predicted octanol–water partition coefficient (Wildman–Crippen LogP) is 1.75. The molecule has 0 radical (unpaired) electrons. The molecule has 1 fully saturated rings. The van der Waals surface area contributed by atoms with Crippen LogP contribution in [0.2, 0.25) is 0 Å². The normalized spacial score (nSPS) is 16.0. The summed E-state index contributed by atoms with van der Waals surface area (Å²) in [4.78, 5) is 20.2. The number of carbonyl (C=O) groups is 1. The summed E-state index contributed by atoms with van der Waals surface area (Å²) < 4.78 is 0. The fourth-order valence-corrected chi connectivity index (χ4v) is 2.62. The number of aromatic nitrogens is 1. The van der Waals surface area contributed by atoms with Crippen LogP contribution >= 0.6 is 0 Å². The third-order valence-electron chi connectivity index (χ3n) is 3.90. The van der Waals surface area contributed by atoms with Gasteiger partial charge < -0.3 is 15.1 Å². The van der Waals surface area contributed by atoms with Gasteiger partial charge in [-0.25, -0.2) is 4.98 Å². The van der Waals surface area contributed by atoms with E-state index in [-0.39, 0.29) is 5.91 Å². The molecule has 0 unspecified atom stereocenters. The summed E-state index contributed by atoms with van der Waals surface area (Å²) >= 11 is 0. The first kappa shape index (κ1) is 15.8. The van der Waals surface area contributed by atoms with E-state index in [1.54, 1.807) is 25.2 Å². The third-order valence-corrected chi connectivity index (χ3v) is 3.90. The molecule has 1 aromatic rings. The standard InChI is InChI=1S/C16H26N4O/c1-4-9-17-14-7-10-20(11-8-14)15-6-5-13(12-18-15)16(21)19(2)3/h5-6,12,14,17H,4,7-11H2,1-3H3. The van der Waals surface area contributed by atoms with E-state index in [2.05, 4.69) is 22.1 Å². The third kappa shape index (κ3) is 4.17. The Labute approximate surface area is 127 Å². The van der Waals surface area contributed by atoms with Crippen molar-refractivity contribution in [3.63, 3.8) is 0 Å². The van der Waals surface area contributed by atoms with E-state index in [9.17, 15) is 4.79 Å². The van der Waals surface area contributed by atoms with Crippen molar-refractivity contribution in [2.75, 3.05) is 38.6 Å². The van der Waals surface area contributed by atoms with Crippen LogP contribution in [-0.2, 0) is 0 Å². The van der Waals surface area contributed by atoms with Crippen LogP contribution in [0.5, 0.6) is 0 Å². The lowest BCUT2D eigenvalue weighted by molar-refractivity contribution is 0.0827. The molecule has 1 aliphatic heterocycles. The second-order valence-corrected chi connectivity index (χ2v) is 5.82. The summed E-state index contributed by atoms with van der Waals surface area (Å²) in [5.74, 6) is 0.968. The summed E-state index contributed by atoms with van der Waals surface area (Å²) in [7, 11) is 3.51. The maximum atomic E-state index is 11.8. The molecule has 2 heterocycles. The van der Waals surface area contributed by atoms with E-state index in [1.807, 2.05) is 12.1 Å². The number of amides is 1. The van der Waals surface area contributed by atoms with Crippen LogP contribution in [0.1, 0.15) is 36.5 Å². The zero-order chi connectivity index (χ0) is 15.2. The minimum atomic E-state index is -0.00322. The maximum absolute atomic E-state index is 11.8. The molecule has 2 rings (SSSR count). The average Bonchev–Trinajstić information content (AvgIpc) is 2.53.